The lowest BCUT2D eigenvalue weighted by Gasteiger charge is -2.48. The lowest BCUT2D eigenvalue weighted by atomic mass is 9.57. The van der Waals surface area contributed by atoms with E-state index in [4.69, 9.17) is 0 Å². The monoisotopic (exact) mass is 477 g/mol. The molecule has 6 unspecified atom stereocenters. The van der Waals surface area contributed by atoms with Gasteiger partial charge in [0.25, 0.3) is 0 Å². The van der Waals surface area contributed by atoms with Gasteiger partial charge in [0, 0.05) is 24.9 Å². The molecule has 0 bridgehead atoms. The molecule has 6 atom stereocenters. The Morgan fingerprint density at radius 1 is 0.939 bits per heavy atom. The van der Waals surface area contributed by atoms with Crippen molar-refractivity contribution in [2.45, 2.75) is 101 Å². The second-order valence-electron chi connectivity index (χ2n) is 10.3. The summed E-state index contributed by atoms with van der Waals surface area (Å²) >= 11 is 1.21. The Kier molecular flexibility index (Phi) is 8.85. The lowest BCUT2D eigenvalue weighted by Crippen LogP contribution is -2.54. The number of thioether (sulfide) groups is 1. The van der Waals surface area contributed by atoms with Gasteiger partial charge in [-0.1, -0.05) is 44.9 Å². The molecule has 2 aliphatic carbocycles. The fourth-order valence-electron chi connectivity index (χ4n) is 6.33. The Morgan fingerprint density at radius 3 is 2.33 bits per heavy atom. The standard InChI is InChI=1S/C25H39N3O4S/c29-20-14-19(25(32)28-20)33-15-21(30)26-13-9-8-12-18-24(31)22-16-10-6-4-2-1-3-5-7-11-17(16)23(22)27-18/h16-19,22-23,27H,1-15H2,(H,26,30)(H,28,29,32). The minimum Gasteiger partial charge on any atom is -0.355 e. The number of amides is 3. The van der Waals surface area contributed by atoms with Gasteiger partial charge in [-0.2, -0.15) is 0 Å². The van der Waals surface area contributed by atoms with Crippen LogP contribution >= 0.6 is 11.8 Å². The summed E-state index contributed by atoms with van der Waals surface area (Å²) in [6, 6.07) is 0.398. The first-order valence-corrected chi connectivity index (χ1v) is 14.1. The van der Waals surface area contributed by atoms with Crippen molar-refractivity contribution in [2.24, 2.45) is 17.8 Å². The van der Waals surface area contributed by atoms with Crippen LogP contribution in [0, 0.1) is 17.8 Å². The van der Waals surface area contributed by atoms with E-state index in [1.165, 1.54) is 69.5 Å². The number of carbonyl (C=O) groups excluding carboxylic acids is 4. The summed E-state index contributed by atoms with van der Waals surface area (Å²) < 4.78 is 0. The summed E-state index contributed by atoms with van der Waals surface area (Å²) in [6.45, 7) is 0.578. The Bertz CT molecular complexity index is 745. The molecule has 33 heavy (non-hydrogen) atoms. The average Bonchev–Trinajstić information content (AvgIpc) is 3.23. The van der Waals surface area contributed by atoms with Gasteiger partial charge in [-0.3, -0.25) is 24.5 Å². The second kappa shape index (κ2) is 11.8. The first-order valence-electron chi connectivity index (χ1n) is 13.1. The number of imide groups is 1. The number of fused-ring (bicyclic) bond motifs is 4. The van der Waals surface area contributed by atoms with E-state index in [1.54, 1.807) is 0 Å². The van der Waals surface area contributed by atoms with Crippen molar-refractivity contribution in [1.82, 2.24) is 16.0 Å². The molecule has 0 aromatic heterocycles. The summed E-state index contributed by atoms with van der Waals surface area (Å²) in [5.74, 6) is 1.49. The van der Waals surface area contributed by atoms with E-state index in [-0.39, 0.29) is 41.9 Å². The van der Waals surface area contributed by atoms with Gasteiger partial charge in [-0.05, 0) is 43.9 Å². The van der Waals surface area contributed by atoms with Crippen LogP contribution in [0.15, 0.2) is 0 Å². The Morgan fingerprint density at radius 2 is 1.64 bits per heavy atom. The van der Waals surface area contributed by atoms with E-state index in [1.807, 2.05) is 0 Å². The molecule has 2 aliphatic heterocycles. The molecule has 8 heteroatoms. The normalized spacial score (nSPS) is 34.6. The van der Waals surface area contributed by atoms with E-state index < -0.39 is 5.25 Å². The van der Waals surface area contributed by atoms with Crippen LogP contribution < -0.4 is 16.0 Å². The van der Waals surface area contributed by atoms with Crippen molar-refractivity contribution in [3.63, 3.8) is 0 Å². The number of Topliss-reactive ketones (excluding diaryl/α,β-unsaturated/α-hetero) is 1. The Balaban J connectivity index is 1.12. The van der Waals surface area contributed by atoms with Crippen molar-refractivity contribution in [2.75, 3.05) is 12.3 Å². The van der Waals surface area contributed by atoms with Crippen LogP contribution in [0.4, 0.5) is 0 Å². The number of nitrogens with one attached hydrogen (secondary N) is 3. The van der Waals surface area contributed by atoms with Crippen LogP contribution in [0.25, 0.3) is 0 Å². The predicted octanol–water partition coefficient (Wildman–Crippen LogP) is 2.72. The van der Waals surface area contributed by atoms with Crippen LogP contribution in [0.5, 0.6) is 0 Å². The fraction of sp³-hybridized carbons (Fsp3) is 0.840. The molecule has 0 aromatic rings. The van der Waals surface area contributed by atoms with Crippen LogP contribution in [-0.2, 0) is 19.2 Å². The molecule has 4 fully saturated rings. The van der Waals surface area contributed by atoms with E-state index in [9.17, 15) is 19.2 Å². The second-order valence-corrected chi connectivity index (χ2v) is 11.5. The molecule has 0 radical (unpaired) electrons. The summed E-state index contributed by atoms with van der Waals surface area (Å²) in [5.41, 5.74) is 0. The number of carbonyl (C=O) groups is 4. The highest BCUT2D eigenvalue weighted by molar-refractivity contribution is 8.01. The zero-order chi connectivity index (χ0) is 23.2. The third kappa shape index (κ3) is 6.18. The molecule has 0 spiro atoms. The maximum Gasteiger partial charge on any atom is 0.240 e. The van der Waals surface area contributed by atoms with Crippen molar-refractivity contribution in [1.29, 1.82) is 0 Å². The van der Waals surface area contributed by atoms with Gasteiger partial charge in [0.05, 0.1) is 17.0 Å². The summed E-state index contributed by atoms with van der Waals surface area (Å²) in [4.78, 5) is 47.8. The molecule has 2 saturated heterocycles. The topological polar surface area (TPSA) is 104 Å². The highest BCUT2D eigenvalue weighted by atomic mass is 32.2. The van der Waals surface area contributed by atoms with Crippen LogP contribution in [0.1, 0.15) is 83.5 Å². The Hall–Kier alpha value is -1.41. The molecule has 3 N–H and O–H groups in total. The number of hydrogen-bond donors (Lipinski definition) is 3. The zero-order valence-corrected chi connectivity index (χ0v) is 20.4. The molecule has 4 aliphatic rings. The van der Waals surface area contributed by atoms with Crippen molar-refractivity contribution in [3.8, 4) is 0 Å². The number of unbranched alkanes of at least 4 members (excludes halogenated alkanes) is 1. The van der Waals surface area contributed by atoms with Gasteiger partial charge < -0.3 is 10.6 Å². The maximum absolute atomic E-state index is 13.1. The third-order valence-corrected chi connectivity index (χ3v) is 9.30. The highest BCUT2D eigenvalue weighted by Gasteiger charge is 2.58. The van der Waals surface area contributed by atoms with Gasteiger partial charge in [0.15, 0.2) is 5.78 Å². The molecule has 184 valence electrons. The smallest absolute Gasteiger partial charge is 0.240 e. The molecule has 7 nitrogen and oxygen atoms in total. The largest absolute Gasteiger partial charge is 0.355 e. The van der Waals surface area contributed by atoms with Gasteiger partial charge in [-0.15, -0.1) is 11.8 Å². The molecule has 2 saturated carbocycles. The first kappa shape index (κ1) is 24.7. The van der Waals surface area contributed by atoms with Gasteiger partial charge >= 0.3 is 0 Å². The SMILES string of the molecule is O=C(CSC1CC(=O)NC1=O)NCCCCC1NC2C3CCCCCCCCCC3C2C1=O. The quantitative estimate of drug-likeness (QED) is 0.367. The third-order valence-electron chi connectivity index (χ3n) is 8.08. The first-order chi connectivity index (χ1) is 16.0. The van der Waals surface area contributed by atoms with Gasteiger partial charge in [-0.25, -0.2) is 0 Å². The maximum atomic E-state index is 13.1. The molecular formula is C25H39N3O4S. The predicted molar refractivity (Wildman–Crippen MR) is 129 cm³/mol. The summed E-state index contributed by atoms with van der Waals surface area (Å²) in [6.07, 6.45) is 14.6. The van der Waals surface area contributed by atoms with E-state index in [2.05, 4.69) is 16.0 Å². The van der Waals surface area contributed by atoms with Gasteiger partial charge in [0.1, 0.15) is 0 Å². The van der Waals surface area contributed by atoms with Gasteiger partial charge in [0.2, 0.25) is 17.7 Å². The summed E-state index contributed by atoms with van der Waals surface area (Å²) in [7, 11) is 0. The Labute approximate surface area is 201 Å². The van der Waals surface area contributed by atoms with Crippen molar-refractivity contribution >= 4 is 35.3 Å². The molecule has 0 aromatic carbocycles. The van der Waals surface area contributed by atoms with Crippen molar-refractivity contribution in [3.05, 3.63) is 0 Å². The average molecular weight is 478 g/mol. The van der Waals surface area contributed by atoms with Crippen LogP contribution in [-0.4, -0.2) is 53.1 Å². The van der Waals surface area contributed by atoms with E-state index >= 15 is 0 Å². The minimum atomic E-state index is -0.450. The molecule has 4 rings (SSSR count). The van der Waals surface area contributed by atoms with E-state index in [0.717, 1.165) is 19.3 Å². The minimum absolute atomic E-state index is 0.00919. The molecular weight excluding hydrogens is 438 g/mol. The number of ketones is 1. The number of rotatable bonds is 8. The van der Waals surface area contributed by atoms with Crippen molar-refractivity contribution < 1.29 is 19.2 Å². The van der Waals surface area contributed by atoms with Crippen LogP contribution in [0.2, 0.25) is 0 Å². The zero-order valence-electron chi connectivity index (χ0n) is 19.6. The molecule has 2 heterocycles. The summed E-state index contributed by atoms with van der Waals surface area (Å²) in [5, 5.41) is 8.39. The molecule has 3 amide bonds. The fourth-order valence-corrected chi connectivity index (χ4v) is 7.27. The van der Waals surface area contributed by atoms with Crippen LogP contribution in [0.3, 0.4) is 0 Å². The number of hydrogen-bond acceptors (Lipinski definition) is 6. The lowest BCUT2D eigenvalue weighted by molar-refractivity contribution is -0.129. The highest BCUT2D eigenvalue weighted by Crippen LogP contribution is 2.51. The van der Waals surface area contributed by atoms with E-state index in [0.29, 0.717) is 30.2 Å².